The SMILES string of the molecule is Nc1nc(N)nc(-c2ccc(Br)cc2O)n1. The molecule has 1 heterocycles. The topological polar surface area (TPSA) is 111 Å². The Morgan fingerprint density at radius 1 is 1.06 bits per heavy atom. The third-order valence-electron chi connectivity index (χ3n) is 1.87. The first-order valence-corrected chi connectivity index (χ1v) is 5.11. The molecule has 5 N–H and O–H groups in total. The maximum Gasteiger partial charge on any atom is 0.225 e. The number of nitrogens with two attached hydrogens (primary N) is 2. The summed E-state index contributed by atoms with van der Waals surface area (Å²) < 4.78 is 0.753. The lowest BCUT2D eigenvalue weighted by Crippen LogP contribution is -2.04. The van der Waals surface area contributed by atoms with Crippen LogP contribution in [0, 0.1) is 0 Å². The van der Waals surface area contributed by atoms with E-state index in [1.807, 2.05) is 0 Å². The number of aromatic hydroxyl groups is 1. The van der Waals surface area contributed by atoms with Crippen LogP contribution in [0.4, 0.5) is 11.9 Å². The van der Waals surface area contributed by atoms with E-state index in [1.165, 1.54) is 6.07 Å². The molecule has 82 valence electrons. The molecule has 1 aromatic heterocycles. The van der Waals surface area contributed by atoms with Crippen molar-refractivity contribution >= 4 is 27.8 Å². The van der Waals surface area contributed by atoms with Crippen LogP contribution >= 0.6 is 15.9 Å². The highest BCUT2D eigenvalue weighted by Crippen LogP contribution is 2.29. The molecule has 0 saturated heterocycles. The van der Waals surface area contributed by atoms with Crippen molar-refractivity contribution in [1.82, 2.24) is 15.0 Å². The van der Waals surface area contributed by atoms with Crippen LogP contribution in [0.3, 0.4) is 0 Å². The van der Waals surface area contributed by atoms with Gasteiger partial charge in [0.2, 0.25) is 11.9 Å². The molecule has 0 aliphatic carbocycles. The Labute approximate surface area is 99.5 Å². The minimum Gasteiger partial charge on any atom is -0.507 e. The number of phenolic OH excluding ortho intramolecular Hbond substituents is 1. The van der Waals surface area contributed by atoms with Crippen LogP contribution < -0.4 is 11.5 Å². The van der Waals surface area contributed by atoms with Crippen LogP contribution in [-0.4, -0.2) is 20.1 Å². The summed E-state index contributed by atoms with van der Waals surface area (Å²) in [7, 11) is 0. The van der Waals surface area contributed by atoms with Crippen molar-refractivity contribution in [3.05, 3.63) is 22.7 Å². The van der Waals surface area contributed by atoms with E-state index in [0.29, 0.717) is 5.56 Å². The molecule has 2 aromatic rings. The number of phenols is 1. The standard InChI is InChI=1S/C9H8BrN5O/c10-4-1-2-5(6(16)3-4)7-13-8(11)15-9(12)14-7/h1-3,16H,(H4,11,12,13,14,15). The van der Waals surface area contributed by atoms with Crippen LogP contribution in [-0.2, 0) is 0 Å². The number of anilines is 2. The van der Waals surface area contributed by atoms with Crippen molar-refractivity contribution in [2.45, 2.75) is 0 Å². The number of nitrogen functional groups attached to an aromatic ring is 2. The van der Waals surface area contributed by atoms with Crippen LogP contribution in [0.25, 0.3) is 11.4 Å². The van der Waals surface area contributed by atoms with E-state index < -0.39 is 0 Å². The van der Waals surface area contributed by atoms with E-state index in [-0.39, 0.29) is 23.5 Å². The number of aromatic nitrogens is 3. The molecule has 0 saturated carbocycles. The Balaban J connectivity index is 2.58. The van der Waals surface area contributed by atoms with Gasteiger partial charge in [-0.3, -0.25) is 0 Å². The molecule has 6 nitrogen and oxygen atoms in total. The van der Waals surface area contributed by atoms with E-state index in [2.05, 4.69) is 30.9 Å². The fraction of sp³-hybridized carbons (Fsp3) is 0. The van der Waals surface area contributed by atoms with Crippen LogP contribution in [0.2, 0.25) is 0 Å². The normalized spacial score (nSPS) is 10.3. The highest BCUT2D eigenvalue weighted by molar-refractivity contribution is 9.10. The summed E-state index contributed by atoms with van der Waals surface area (Å²) in [5, 5.41) is 9.71. The first kappa shape index (κ1) is 10.6. The molecule has 0 spiro atoms. The van der Waals surface area contributed by atoms with E-state index >= 15 is 0 Å². The molecule has 0 atom stereocenters. The molecule has 0 amide bonds. The molecule has 0 aliphatic rings. The molecule has 0 bridgehead atoms. The second kappa shape index (κ2) is 3.93. The zero-order valence-electron chi connectivity index (χ0n) is 8.05. The van der Waals surface area contributed by atoms with Gasteiger partial charge < -0.3 is 16.6 Å². The van der Waals surface area contributed by atoms with Gasteiger partial charge in [-0.1, -0.05) is 15.9 Å². The van der Waals surface area contributed by atoms with Gasteiger partial charge in [-0.2, -0.15) is 15.0 Å². The third-order valence-corrected chi connectivity index (χ3v) is 2.36. The molecule has 1 aromatic carbocycles. The highest BCUT2D eigenvalue weighted by Gasteiger charge is 2.09. The summed E-state index contributed by atoms with van der Waals surface area (Å²) in [6.07, 6.45) is 0. The van der Waals surface area contributed by atoms with Gasteiger partial charge in [0.15, 0.2) is 5.82 Å². The number of hydrogen-bond acceptors (Lipinski definition) is 6. The quantitative estimate of drug-likeness (QED) is 0.724. The monoisotopic (exact) mass is 281 g/mol. The smallest absolute Gasteiger partial charge is 0.225 e. The average molecular weight is 282 g/mol. The van der Waals surface area contributed by atoms with Crippen molar-refractivity contribution in [3.63, 3.8) is 0 Å². The lowest BCUT2D eigenvalue weighted by Gasteiger charge is -2.04. The van der Waals surface area contributed by atoms with Gasteiger partial charge in [-0.25, -0.2) is 0 Å². The largest absolute Gasteiger partial charge is 0.507 e. The first-order valence-electron chi connectivity index (χ1n) is 4.32. The van der Waals surface area contributed by atoms with Crippen LogP contribution in [0.5, 0.6) is 5.75 Å². The van der Waals surface area contributed by atoms with Crippen molar-refractivity contribution in [2.24, 2.45) is 0 Å². The van der Waals surface area contributed by atoms with Crippen molar-refractivity contribution in [1.29, 1.82) is 0 Å². The minimum absolute atomic E-state index is 0.0184. The molecule has 2 rings (SSSR count). The molecule has 0 fully saturated rings. The van der Waals surface area contributed by atoms with Crippen molar-refractivity contribution < 1.29 is 5.11 Å². The van der Waals surface area contributed by atoms with Gasteiger partial charge >= 0.3 is 0 Å². The fourth-order valence-corrected chi connectivity index (χ4v) is 1.57. The van der Waals surface area contributed by atoms with E-state index in [9.17, 15) is 5.11 Å². The predicted molar refractivity (Wildman–Crippen MR) is 63.5 cm³/mol. The highest BCUT2D eigenvalue weighted by atomic mass is 79.9. The Morgan fingerprint density at radius 2 is 1.69 bits per heavy atom. The maximum absolute atomic E-state index is 9.71. The van der Waals surface area contributed by atoms with Gasteiger partial charge in [-0.05, 0) is 18.2 Å². The number of halogens is 1. The summed E-state index contributed by atoms with van der Waals surface area (Å²) in [5.41, 5.74) is 11.3. The molecule has 16 heavy (non-hydrogen) atoms. The third kappa shape index (κ3) is 2.03. The van der Waals surface area contributed by atoms with Crippen LogP contribution in [0.15, 0.2) is 22.7 Å². The fourth-order valence-electron chi connectivity index (χ4n) is 1.22. The lowest BCUT2D eigenvalue weighted by atomic mass is 10.2. The number of rotatable bonds is 1. The van der Waals surface area contributed by atoms with E-state index in [4.69, 9.17) is 11.5 Å². The van der Waals surface area contributed by atoms with Crippen LogP contribution in [0.1, 0.15) is 0 Å². The van der Waals surface area contributed by atoms with Gasteiger partial charge in [0, 0.05) is 4.47 Å². The van der Waals surface area contributed by atoms with Gasteiger partial charge in [0.05, 0.1) is 5.56 Å². The average Bonchev–Trinajstić information content (AvgIpc) is 2.15. The second-order valence-corrected chi connectivity index (χ2v) is 3.95. The zero-order chi connectivity index (χ0) is 11.7. The summed E-state index contributed by atoms with van der Waals surface area (Å²) in [5.74, 6) is 0.323. The van der Waals surface area contributed by atoms with E-state index in [1.54, 1.807) is 12.1 Å². The molecule has 0 aliphatic heterocycles. The summed E-state index contributed by atoms with van der Waals surface area (Å²) in [6, 6.07) is 4.95. The first-order chi connectivity index (χ1) is 7.56. The molecule has 0 unspecified atom stereocenters. The summed E-state index contributed by atoms with van der Waals surface area (Å²) in [4.78, 5) is 11.4. The van der Waals surface area contributed by atoms with E-state index in [0.717, 1.165) is 4.47 Å². The maximum atomic E-state index is 9.71. The Hall–Kier alpha value is -1.89. The minimum atomic E-state index is 0.0184. The molecule has 0 radical (unpaired) electrons. The molecular weight excluding hydrogens is 274 g/mol. The summed E-state index contributed by atoms with van der Waals surface area (Å²) >= 11 is 3.24. The van der Waals surface area contributed by atoms with Gasteiger partial charge in [0.1, 0.15) is 5.75 Å². The Kier molecular flexibility index (Phi) is 2.61. The molecule has 7 heteroatoms. The summed E-state index contributed by atoms with van der Waals surface area (Å²) in [6.45, 7) is 0. The predicted octanol–water partition coefficient (Wildman–Crippen LogP) is 1.17. The second-order valence-electron chi connectivity index (χ2n) is 3.04. The Bertz CT molecular complexity index is 525. The van der Waals surface area contributed by atoms with Gasteiger partial charge in [0.25, 0.3) is 0 Å². The van der Waals surface area contributed by atoms with Crippen molar-refractivity contribution in [2.75, 3.05) is 11.5 Å². The Morgan fingerprint density at radius 3 is 2.25 bits per heavy atom. The number of benzene rings is 1. The van der Waals surface area contributed by atoms with Crippen molar-refractivity contribution in [3.8, 4) is 17.1 Å². The lowest BCUT2D eigenvalue weighted by molar-refractivity contribution is 0.476. The zero-order valence-corrected chi connectivity index (χ0v) is 9.64. The number of hydrogen-bond donors (Lipinski definition) is 3. The number of nitrogens with zero attached hydrogens (tertiary/aromatic N) is 3. The van der Waals surface area contributed by atoms with Gasteiger partial charge in [-0.15, -0.1) is 0 Å². The molecular formula is C9H8BrN5O.